The summed E-state index contributed by atoms with van der Waals surface area (Å²) in [5, 5.41) is 3.42. The molecule has 1 aromatic carbocycles. The third-order valence-electron chi connectivity index (χ3n) is 4.52. The molecule has 0 heterocycles. The first-order valence-corrected chi connectivity index (χ1v) is 7.29. The topological polar surface area (TPSA) is 55.1 Å². The van der Waals surface area contributed by atoms with Gasteiger partial charge < -0.3 is 11.1 Å². The summed E-state index contributed by atoms with van der Waals surface area (Å²) >= 11 is 0. The zero-order valence-electron chi connectivity index (χ0n) is 12.2. The average molecular weight is 278 g/mol. The molecule has 3 N–H and O–H groups in total. The molecule has 0 bridgehead atoms. The van der Waals surface area contributed by atoms with Gasteiger partial charge in [0.1, 0.15) is 5.82 Å². The lowest BCUT2D eigenvalue weighted by atomic mass is 9.79. The Morgan fingerprint density at radius 3 is 2.70 bits per heavy atom. The van der Waals surface area contributed by atoms with E-state index < -0.39 is 5.91 Å². The van der Waals surface area contributed by atoms with Crippen molar-refractivity contribution < 1.29 is 9.18 Å². The lowest BCUT2D eigenvalue weighted by molar-refractivity contribution is 0.1000. The van der Waals surface area contributed by atoms with E-state index in [0.29, 0.717) is 24.1 Å². The van der Waals surface area contributed by atoms with Crippen molar-refractivity contribution >= 4 is 5.91 Å². The highest BCUT2D eigenvalue weighted by atomic mass is 19.1. The molecule has 3 atom stereocenters. The second-order valence-electron chi connectivity index (χ2n) is 6.02. The summed E-state index contributed by atoms with van der Waals surface area (Å²) in [6, 6.07) is 4.88. The van der Waals surface area contributed by atoms with E-state index in [0.717, 1.165) is 18.8 Å². The Balaban J connectivity index is 1.93. The molecule has 110 valence electrons. The number of nitrogens with one attached hydrogen (secondary N) is 1. The van der Waals surface area contributed by atoms with Gasteiger partial charge in [-0.2, -0.15) is 0 Å². The number of primary amides is 1. The van der Waals surface area contributed by atoms with E-state index in [9.17, 15) is 9.18 Å². The van der Waals surface area contributed by atoms with Gasteiger partial charge in [-0.3, -0.25) is 4.79 Å². The number of carbonyl (C=O) groups is 1. The maximum atomic E-state index is 13.9. The van der Waals surface area contributed by atoms with Gasteiger partial charge in [-0.1, -0.05) is 19.9 Å². The van der Waals surface area contributed by atoms with Gasteiger partial charge in [-0.15, -0.1) is 0 Å². The zero-order chi connectivity index (χ0) is 14.7. The van der Waals surface area contributed by atoms with Crippen molar-refractivity contribution in [3.8, 4) is 0 Å². The molecular weight excluding hydrogens is 255 g/mol. The van der Waals surface area contributed by atoms with Crippen LogP contribution in [0.3, 0.4) is 0 Å². The first-order valence-electron chi connectivity index (χ1n) is 7.29. The van der Waals surface area contributed by atoms with Crippen LogP contribution in [0.5, 0.6) is 0 Å². The van der Waals surface area contributed by atoms with Crippen LogP contribution in [0.4, 0.5) is 4.39 Å². The molecule has 0 spiro atoms. The molecule has 1 aliphatic carbocycles. The molecule has 20 heavy (non-hydrogen) atoms. The summed E-state index contributed by atoms with van der Waals surface area (Å²) in [5.74, 6) is 0.521. The van der Waals surface area contributed by atoms with Crippen LogP contribution < -0.4 is 11.1 Å². The number of hydrogen-bond donors (Lipinski definition) is 2. The number of amides is 1. The molecule has 1 amide bonds. The molecule has 3 unspecified atom stereocenters. The first-order chi connectivity index (χ1) is 9.47. The van der Waals surface area contributed by atoms with Crippen molar-refractivity contribution in [2.45, 2.75) is 45.7 Å². The smallest absolute Gasteiger partial charge is 0.248 e. The van der Waals surface area contributed by atoms with E-state index >= 15 is 0 Å². The van der Waals surface area contributed by atoms with Crippen LogP contribution in [0.2, 0.25) is 0 Å². The fourth-order valence-electron chi connectivity index (χ4n) is 2.83. The summed E-state index contributed by atoms with van der Waals surface area (Å²) in [6.07, 6.45) is 3.51. The molecular formula is C16H23FN2O. The van der Waals surface area contributed by atoms with Crippen molar-refractivity contribution in [2.24, 2.45) is 17.6 Å². The van der Waals surface area contributed by atoms with E-state index in [2.05, 4.69) is 19.2 Å². The van der Waals surface area contributed by atoms with Crippen LogP contribution in [0, 0.1) is 17.7 Å². The average Bonchev–Trinajstić information content (AvgIpc) is 2.41. The third-order valence-corrected chi connectivity index (χ3v) is 4.52. The molecule has 1 aliphatic rings. The largest absolute Gasteiger partial charge is 0.366 e. The monoisotopic (exact) mass is 278 g/mol. The Labute approximate surface area is 119 Å². The number of nitrogens with two attached hydrogens (primary N) is 1. The van der Waals surface area contributed by atoms with E-state index in [1.807, 2.05) is 0 Å². The minimum Gasteiger partial charge on any atom is -0.366 e. The van der Waals surface area contributed by atoms with Crippen LogP contribution in [-0.4, -0.2) is 11.9 Å². The summed E-state index contributed by atoms with van der Waals surface area (Å²) in [4.78, 5) is 11.0. The highest BCUT2D eigenvalue weighted by molar-refractivity contribution is 5.92. The standard InChI is InChI=1S/C16H23FN2O/c1-10-3-6-14(7-11(10)2)19-9-13-5-4-12(16(18)20)8-15(13)17/h4-5,8,10-11,14,19H,3,6-7,9H2,1-2H3,(H2,18,20). The molecule has 2 rings (SSSR count). The number of halogens is 1. The second-order valence-corrected chi connectivity index (χ2v) is 6.02. The lowest BCUT2D eigenvalue weighted by Gasteiger charge is -2.32. The summed E-state index contributed by atoms with van der Waals surface area (Å²) in [6.45, 7) is 5.07. The molecule has 1 saturated carbocycles. The van der Waals surface area contributed by atoms with Crippen LogP contribution in [0.25, 0.3) is 0 Å². The van der Waals surface area contributed by atoms with Gasteiger partial charge in [0.15, 0.2) is 0 Å². The molecule has 3 nitrogen and oxygen atoms in total. The van der Waals surface area contributed by atoms with Crippen LogP contribution in [0.15, 0.2) is 18.2 Å². The van der Waals surface area contributed by atoms with Gasteiger partial charge in [0.25, 0.3) is 0 Å². The third kappa shape index (κ3) is 3.57. The van der Waals surface area contributed by atoms with Gasteiger partial charge in [0.2, 0.25) is 5.91 Å². The van der Waals surface area contributed by atoms with E-state index in [1.165, 1.54) is 12.5 Å². The molecule has 0 aliphatic heterocycles. The van der Waals surface area contributed by atoms with Gasteiger partial charge in [-0.25, -0.2) is 4.39 Å². The molecule has 1 aromatic rings. The minimum absolute atomic E-state index is 0.214. The van der Waals surface area contributed by atoms with Crippen molar-refractivity contribution in [3.05, 3.63) is 35.1 Å². The number of hydrogen-bond acceptors (Lipinski definition) is 2. The van der Waals surface area contributed by atoms with E-state index in [1.54, 1.807) is 12.1 Å². The fraction of sp³-hybridized carbons (Fsp3) is 0.562. The number of rotatable bonds is 4. The Hall–Kier alpha value is -1.42. The van der Waals surface area contributed by atoms with E-state index in [-0.39, 0.29) is 11.4 Å². The lowest BCUT2D eigenvalue weighted by Crippen LogP contribution is -2.36. The first kappa shape index (κ1) is 15.0. The fourth-order valence-corrected chi connectivity index (χ4v) is 2.83. The summed E-state index contributed by atoms with van der Waals surface area (Å²) in [7, 11) is 0. The Morgan fingerprint density at radius 1 is 1.35 bits per heavy atom. The van der Waals surface area contributed by atoms with Crippen LogP contribution in [-0.2, 0) is 6.54 Å². The van der Waals surface area contributed by atoms with Gasteiger partial charge >= 0.3 is 0 Å². The van der Waals surface area contributed by atoms with Crippen molar-refractivity contribution in [1.82, 2.24) is 5.32 Å². The highest BCUT2D eigenvalue weighted by Gasteiger charge is 2.24. The van der Waals surface area contributed by atoms with Crippen molar-refractivity contribution in [3.63, 3.8) is 0 Å². The molecule has 4 heteroatoms. The predicted molar refractivity (Wildman–Crippen MR) is 77.7 cm³/mol. The van der Waals surface area contributed by atoms with Gasteiger partial charge in [0.05, 0.1) is 0 Å². The quantitative estimate of drug-likeness (QED) is 0.889. The van der Waals surface area contributed by atoms with E-state index in [4.69, 9.17) is 5.73 Å². The zero-order valence-corrected chi connectivity index (χ0v) is 12.2. The SMILES string of the molecule is CC1CCC(NCc2ccc(C(N)=O)cc2F)CC1C. The predicted octanol–water partition coefficient (Wildman–Crippen LogP) is 2.84. The maximum absolute atomic E-state index is 13.9. The Morgan fingerprint density at radius 2 is 2.10 bits per heavy atom. The molecule has 1 fully saturated rings. The molecule has 0 saturated heterocycles. The Kier molecular flexibility index (Phi) is 4.76. The summed E-state index contributed by atoms with van der Waals surface area (Å²) < 4.78 is 13.9. The second kappa shape index (κ2) is 6.35. The highest BCUT2D eigenvalue weighted by Crippen LogP contribution is 2.29. The Bertz CT molecular complexity index is 489. The summed E-state index contributed by atoms with van der Waals surface area (Å²) in [5.41, 5.74) is 5.93. The maximum Gasteiger partial charge on any atom is 0.248 e. The molecule has 0 aromatic heterocycles. The number of carbonyl (C=O) groups excluding carboxylic acids is 1. The minimum atomic E-state index is -0.599. The van der Waals surface area contributed by atoms with Crippen LogP contribution >= 0.6 is 0 Å². The number of benzene rings is 1. The molecule has 0 radical (unpaired) electrons. The van der Waals surface area contributed by atoms with Crippen molar-refractivity contribution in [2.75, 3.05) is 0 Å². The normalized spacial score (nSPS) is 26.4. The van der Waals surface area contributed by atoms with Crippen LogP contribution in [0.1, 0.15) is 49.0 Å². The van der Waals surface area contributed by atoms with Gasteiger partial charge in [0, 0.05) is 23.7 Å². The van der Waals surface area contributed by atoms with Gasteiger partial charge in [-0.05, 0) is 43.2 Å². The van der Waals surface area contributed by atoms with Crippen molar-refractivity contribution in [1.29, 1.82) is 0 Å².